The minimum absolute atomic E-state index is 0.0284. The minimum atomic E-state index is 0.0284. The summed E-state index contributed by atoms with van der Waals surface area (Å²) in [7, 11) is 1.81. The van der Waals surface area contributed by atoms with Gasteiger partial charge in [-0.05, 0) is 23.1 Å². The van der Waals surface area contributed by atoms with Gasteiger partial charge in [0.2, 0.25) is 0 Å². The first-order valence-electron chi connectivity index (χ1n) is 6.62. The number of aromatic nitrogens is 1. The van der Waals surface area contributed by atoms with Gasteiger partial charge in [0, 0.05) is 24.2 Å². The summed E-state index contributed by atoms with van der Waals surface area (Å²) < 4.78 is 0. The first-order chi connectivity index (χ1) is 9.38. The highest BCUT2D eigenvalue weighted by atomic mass is 32.1. The summed E-state index contributed by atoms with van der Waals surface area (Å²) in [6, 6.07) is 7.87. The molecule has 0 aliphatic heterocycles. The molecule has 1 aromatic heterocycles. The molecule has 2 rings (SSSR count). The van der Waals surface area contributed by atoms with Crippen LogP contribution in [0.25, 0.3) is 0 Å². The smallest absolute Gasteiger partial charge is 0.253 e. The van der Waals surface area contributed by atoms with Crippen LogP contribution in [0.4, 0.5) is 0 Å². The Morgan fingerprint density at radius 1 is 1.25 bits per heavy atom. The molecule has 0 unspecified atom stereocenters. The van der Waals surface area contributed by atoms with Crippen LogP contribution in [0.2, 0.25) is 0 Å². The number of hydrogen-bond donors (Lipinski definition) is 0. The van der Waals surface area contributed by atoms with E-state index in [1.807, 2.05) is 29.6 Å². The number of thiazole rings is 1. The van der Waals surface area contributed by atoms with Crippen LogP contribution in [-0.2, 0) is 12.0 Å². The fourth-order valence-corrected chi connectivity index (χ4v) is 2.61. The molecule has 0 aliphatic rings. The van der Waals surface area contributed by atoms with Crippen molar-refractivity contribution in [2.75, 3.05) is 7.05 Å². The van der Waals surface area contributed by atoms with E-state index in [9.17, 15) is 4.79 Å². The standard InChI is InChI=1S/C16H20N2OS/c1-16(2,3)13-7-5-12(6-8-13)15(19)18(4)11-14-17-9-10-20-14/h5-10H,11H2,1-4H3. The van der Waals surface area contributed by atoms with E-state index < -0.39 is 0 Å². The SMILES string of the molecule is CN(Cc1nccs1)C(=O)c1ccc(C(C)(C)C)cc1. The molecule has 0 spiro atoms. The van der Waals surface area contributed by atoms with Crippen LogP contribution in [0.1, 0.15) is 41.7 Å². The maximum Gasteiger partial charge on any atom is 0.253 e. The number of carbonyl (C=O) groups is 1. The first-order valence-corrected chi connectivity index (χ1v) is 7.50. The second kappa shape index (κ2) is 5.75. The van der Waals surface area contributed by atoms with Crippen LogP contribution in [0, 0.1) is 0 Å². The Morgan fingerprint density at radius 2 is 1.90 bits per heavy atom. The molecule has 2 aromatic rings. The number of nitrogens with zero attached hydrogens (tertiary/aromatic N) is 2. The number of benzene rings is 1. The molecule has 0 atom stereocenters. The molecule has 0 N–H and O–H groups in total. The van der Waals surface area contributed by atoms with Crippen LogP contribution >= 0.6 is 11.3 Å². The average Bonchev–Trinajstić information content (AvgIpc) is 2.90. The molecule has 0 bridgehead atoms. The molecule has 0 aliphatic carbocycles. The lowest BCUT2D eigenvalue weighted by molar-refractivity contribution is 0.0785. The van der Waals surface area contributed by atoms with Crippen LogP contribution in [-0.4, -0.2) is 22.8 Å². The van der Waals surface area contributed by atoms with Crippen molar-refractivity contribution in [2.24, 2.45) is 0 Å². The zero-order chi connectivity index (χ0) is 14.8. The molecule has 0 saturated heterocycles. The summed E-state index contributed by atoms with van der Waals surface area (Å²) in [6.45, 7) is 7.05. The molecular weight excluding hydrogens is 268 g/mol. The van der Waals surface area contributed by atoms with Crippen LogP contribution in [0.15, 0.2) is 35.8 Å². The topological polar surface area (TPSA) is 33.2 Å². The summed E-state index contributed by atoms with van der Waals surface area (Å²) in [5.74, 6) is 0.0284. The van der Waals surface area contributed by atoms with Crippen molar-refractivity contribution in [1.29, 1.82) is 0 Å². The molecule has 4 heteroatoms. The van der Waals surface area contributed by atoms with Crippen molar-refractivity contribution in [1.82, 2.24) is 9.88 Å². The van der Waals surface area contributed by atoms with E-state index in [0.29, 0.717) is 6.54 Å². The van der Waals surface area contributed by atoms with Crippen molar-refractivity contribution in [3.05, 3.63) is 52.0 Å². The van der Waals surface area contributed by atoms with E-state index in [4.69, 9.17) is 0 Å². The number of amides is 1. The normalized spacial score (nSPS) is 11.4. The number of hydrogen-bond acceptors (Lipinski definition) is 3. The first kappa shape index (κ1) is 14.7. The van der Waals surface area contributed by atoms with Gasteiger partial charge in [-0.15, -0.1) is 11.3 Å². The Kier molecular flexibility index (Phi) is 4.23. The Labute approximate surface area is 124 Å². The highest BCUT2D eigenvalue weighted by Crippen LogP contribution is 2.22. The number of carbonyl (C=O) groups excluding carboxylic acids is 1. The van der Waals surface area contributed by atoms with Gasteiger partial charge >= 0.3 is 0 Å². The van der Waals surface area contributed by atoms with E-state index in [0.717, 1.165) is 10.6 Å². The summed E-state index contributed by atoms with van der Waals surface area (Å²) in [6.07, 6.45) is 1.76. The van der Waals surface area contributed by atoms with Gasteiger partial charge in [0.05, 0.1) is 6.54 Å². The molecule has 106 valence electrons. The highest BCUT2D eigenvalue weighted by Gasteiger charge is 2.16. The third kappa shape index (κ3) is 3.45. The highest BCUT2D eigenvalue weighted by molar-refractivity contribution is 7.09. The van der Waals surface area contributed by atoms with Gasteiger partial charge in [0.1, 0.15) is 5.01 Å². The van der Waals surface area contributed by atoms with E-state index >= 15 is 0 Å². The summed E-state index contributed by atoms with van der Waals surface area (Å²) in [5, 5.41) is 2.87. The Morgan fingerprint density at radius 3 is 2.40 bits per heavy atom. The number of rotatable bonds is 3. The van der Waals surface area contributed by atoms with Crippen molar-refractivity contribution in [3.8, 4) is 0 Å². The van der Waals surface area contributed by atoms with E-state index in [1.165, 1.54) is 5.56 Å². The van der Waals surface area contributed by atoms with Crippen LogP contribution in [0.3, 0.4) is 0 Å². The maximum atomic E-state index is 12.3. The van der Waals surface area contributed by atoms with Gasteiger partial charge in [-0.1, -0.05) is 32.9 Å². The van der Waals surface area contributed by atoms with Crippen LogP contribution in [0.5, 0.6) is 0 Å². The largest absolute Gasteiger partial charge is 0.335 e. The summed E-state index contributed by atoms with van der Waals surface area (Å²) in [5.41, 5.74) is 2.06. The zero-order valence-electron chi connectivity index (χ0n) is 12.4. The molecule has 0 radical (unpaired) electrons. The Hall–Kier alpha value is -1.68. The molecule has 20 heavy (non-hydrogen) atoms. The third-order valence-corrected chi connectivity index (χ3v) is 3.96. The lowest BCUT2D eigenvalue weighted by Gasteiger charge is -2.20. The quantitative estimate of drug-likeness (QED) is 0.862. The Bertz CT molecular complexity index is 568. The van der Waals surface area contributed by atoms with Crippen molar-refractivity contribution < 1.29 is 4.79 Å². The lowest BCUT2D eigenvalue weighted by Crippen LogP contribution is -2.26. The van der Waals surface area contributed by atoms with E-state index in [1.54, 1.807) is 29.5 Å². The second-order valence-electron chi connectivity index (χ2n) is 5.91. The predicted molar refractivity (Wildman–Crippen MR) is 83.1 cm³/mol. The van der Waals surface area contributed by atoms with Gasteiger partial charge in [0.15, 0.2) is 0 Å². The second-order valence-corrected chi connectivity index (χ2v) is 6.89. The van der Waals surface area contributed by atoms with Gasteiger partial charge < -0.3 is 4.90 Å². The minimum Gasteiger partial charge on any atom is -0.335 e. The van der Waals surface area contributed by atoms with Crippen molar-refractivity contribution >= 4 is 17.2 Å². The van der Waals surface area contributed by atoms with Crippen molar-refractivity contribution in [3.63, 3.8) is 0 Å². The van der Waals surface area contributed by atoms with Gasteiger partial charge in [-0.3, -0.25) is 4.79 Å². The maximum absolute atomic E-state index is 12.3. The van der Waals surface area contributed by atoms with Gasteiger partial charge in [-0.25, -0.2) is 4.98 Å². The molecule has 1 heterocycles. The van der Waals surface area contributed by atoms with Crippen molar-refractivity contribution in [2.45, 2.75) is 32.7 Å². The molecular formula is C16H20N2OS. The fraction of sp³-hybridized carbons (Fsp3) is 0.375. The molecule has 0 fully saturated rings. The summed E-state index contributed by atoms with van der Waals surface area (Å²) in [4.78, 5) is 18.2. The van der Waals surface area contributed by atoms with Gasteiger partial charge in [-0.2, -0.15) is 0 Å². The Balaban J connectivity index is 2.09. The van der Waals surface area contributed by atoms with E-state index in [-0.39, 0.29) is 11.3 Å². The average molecular weight is 288 g/mol. The molecule has 1 aromatic carbocycles. The van der Waals surface area contributed by atoms with Gasteiger partial charge in [0.25, 0.3) is 5.91 Å². The monoisotopic (exact) mass is 288 g/mol. The molecule has 0 saturated carbocycles. The molecule has 1 amide bonds. The summed E-state index contributed by atoms with van der Waals surface area (Å²) >= 11 is 1.56. The fourth-order valence-electron chi connectivity index (χ4n) is 1.94. The van der Waals surface area contributed by atoms with Crippen LogP contribution < -0.4 is 0 Å². The molecule has 3 nitrogen and oxygen atoms in total. The zero-order valence-corrected chi connectivity index (χ0v) is 13.2. The predicted octanol–water partition coefficient (Wildman–Crippen LogP) is 3.71. The lowest BCUT2D eigenvalue weighted by atomic mass is 9.86. The third-order valence-electron chi connectivity index (χ3n) is 3.20. The van der Waals surface area contributed by atoms with E-state index in [2.05, 4.69) is 25.8 Å².